The molecule has 13 atom stereocenters. The lowest BCUT2D eigenvalue weighted by molar-refractivity contribution is -0.213. The van der Waals surface area contributed by atoms with E-state index in [9.17, 15) is 15.3 Å². The van der Waals surface area contributed by atoms with Gasteiger partial charge in [0.2, 0.25) is 0 Å². The van der Waals surface area contributed by atoms with Gasteiger partial charge in [-0.25, -0.2) is 0 Å². The second-order valence-electron chi connectivity index (χ2n) is 10.8. The third kappa shape index (κ3) is 1.22. The first-order valence-corrected chi connectivity index (χ1v) is 9.83. The van der Waals surface area contributed by atoms with Gasteiger partial charge >= 0.3 is 0 Å². The zero-order valence-electron chi connectivity index (χ0n) is 14.6. The average Bonchev–Trinajstić information content (AvgIpc) is 2.88. The lowest BCUT2D eigenvalue weighted by Crippen LogP contribution is -2.67. The molecule has 25 heavy (non-hydrogen) atoms. The Morgan fingerprint density at radius 2 is 1.84 bits per heavy atom. The molecular weight excluding hydrogens is 338 g/mol. The van der Waals surface area contributed by atoms with Crippen molar-refractivity contribution in [1.82, 2.24) is 4.90 Å². The zero-order valence-corrected chi connectivity index (χ0v) is 15.5. The number of hydrogen-bond acceptors (Lipinski definition) is 4. The molecule has 0 aromatic rings. The maximum Gasteiger partial charge on any atom is 0.0679 e. The first-order chi connectivity index (χ1) is 11.4. The van der Waals surface area contributed by atoms with Gasteiger partial charge < -0.3 is 15.3 Å². The smallest absolute Gasteiger partial charge is 0.0679 e. The molecule has 5 heteroatoms. The number of nitrogens with zero attached hydrogens (tertiary/aromatic N) is 1. The number of halogens is 1. The zero-order chi connectivity index (χ0) is 16.4. The van der Waals surface area contributed by atoms with Crippen molar-refractivity contribution in [2.45, 2.75) is 63.0 Å². The second kappa shape index (κ2) is 4.00. The molecule has 9 aliphatic rings. The van der Waals surface area contributed by atoms with E-state index in [2.05, 4.69) is 18.4 Å². The first-order valence-electron chi connectivity index (χ1n) is 9.83. The van der Waals surface area contributed by atoms with Crippen LogP contribution in [0.2, 0.25) is 0 Å². The SMILES string of the molecule is C=C1C[C@@]23C[C@H]4[C@@H]5[C@@]6(C)C[C@H](O)C[C@@]57[C@@H]2[C@H](O)[C@@H]1[C@H](O)[C@@H]3[C@H]7N4C6.Cl. The predicted molar refractivity (Wildman–Crippen MR) is 94.1 cm³/mol. The summed E-state index contributed by atoms with van der Waals surface area (Å²) in [5.74, 6) is 1.02. The van der Waals surface area contributed by atoms with Crippen LogP contribution in [0.5, 0.6) is 0 Å². The predicted octanol–water partition coefficient (Wildman–Crippen LogP) is 1.19. The maximum atomic E-state index is 11.3. The van der Waals surface area contributed by atoms with Gasteiger partial charge in [-0.1, -0.05) is 19.1 Å². The number of hydrogen-bond donors (Lipinski definition) is 3. The summed E-state index contributed by atoms with van der Waals surface area (Å²) in [6.45, 7) is 7.72. The van der Waals surface area contributed by atoms with Crippen LogP contribution in [0.15, 0.2) is 12.2 Å². The normalized spacial score (nSPS) is 73.0. The van der Waals surface area contributed by atoms with Gasteiger partial charge in [0.05, 0.1) is 18.3 Å². The van der Waals surface area contributed by atoms with Crippen molar-refractivity contribution in [3.05, 3.63) is 12.2 Å². The molecule has 3 aliphatic heterocycles. The highest BCUT2D eigenvalue weighted by Crippen LogP contribution is 2.86. The topological polar surface area (TPSA) is 63.9 Å². The van der Waals surface area contributed by atoms with Gasteiger partial charge in [0.25, 0.3) is 0 Å². The summed E-state index contributed by atoms with van der Waals surface area (Å²) in [5, 5.41) is 33.3. The van der Waals surface area contributed by atoms with E-state index in [1.165, 1.54) is 0 Å². The van der Waals surface area contributed by atoms with Crippen LogP contribution in [0.3, 0.4) is 0 Å². The standard InChI is InChI=1S/C20H27NO3.ClH/c1-8-3-19-6-10-15-18(2)4-9(22)5-20(15)16(19)14(24)11(8)13(23)12(19)17(20)21(10)7-18;/h9-17,22-24H,1,3-7H2,2H3;1H/t9-,10-,11-,12+,13-,14+,15+,16+,17+,18-,19-,20-;/m0./s1. The summed E-state index contributed by atoms with van der Waals surface area (Å²) in [5.41, 5.74) is 1.37. The van der Waals surface area contributed by atoms with Crippen molar-refractivity contribution in [1.29, 1.82) is 0 Å². The Balaban J connectivity index is 0.00000129. The molecule has 3 saturated heterocycles. The Hall–Kier alpha value is -0.130. The molecule has 3 heterocycles. The highest BCUT2D eigenvalue weighted by molar-refractivity contribution is 5.85. The molecule has 138 valence electrons. The fourth-order valence-corrected chi connectivity index (χ4v) is 10.7. The average molecular weight is 366 g/mol. The van der Waals surface area contributed by atoms with Crippen molar-refractivity contribution in [3.63, 3.8) is 0 Å². The van der Waals surface area contributed by atoms with Crippen LogP contribution < -0.4 is 0 Å². The third-order valence-corrected chi connectivity index (χ3v) is 10.1. The maximum absolute atomic E-state index is 11.3. The monoisotopic (exact) mass is 365 g/mol. The molecule has 0 aromatic heterocycles. The minimum absolute atomic E-state index is 0. The molecule has 4 nitrogen and oxygen atoms in total. The van der Waals surface area contributed by atoms with E-state index in [1.54, 1.807) is 0 Å². The van der Waals surface area contributed by atoms with E-state index in [1.807, 2.05) is 0 Å². The molecule has 0 radical (unpaired) electrons. The highest BCUT2D eigenvalue weighted by atomic mass is 35.5. The van der Waals surface area contributed by atoms with Crippen molar-refractivity contribution in [3.8, 4) is 0 Å². The molecule has 0 aromatic carbocycles. The van der Waals surface area contributed by atoms with Crippen molar-refractivity contribution in [2.75, 3.05) is 6.54 Å². The number of rotatable bonds is 0. The molecular formula is C20H28ClNO3. The second-order valence-corrected chi connectivity index (χ2v) is 10.8. The summed E-state index contributed by atoms with van der Waals surface area (Å²) in [4.78, 5) is 2.73. The first kappa shape index (κ1) is 15.9. The summed E-state index contributed by atoms with van der Waals surface area (Å²) in [6.07, 6.45) is 2.76. The fraction of sp³-hybridized carbons (Fsp3) is 0.900. The highest BCUT2D eigenvalue weighted by Gasteiger charge is 2.90. The van der Waals surface area contributed by atoms with Gasteiger partial charge in [-0.05, 0) is 53.8 Å². The summed E-state index contributed by atoms with van der Waals surface area (Å²) < 4.78 is 0. The molecule has 6 saturated carbocycles. The van der Waals surface area contributed by atoms with Crippen molar-refractivity contribution < 1.29 is 15.3 Å². The Kier molecular flexibility index (Phi) is 2.54. The molecule has 9 fully saturated rings. The van der Waals surface area contributed by atoms with E-state index >= 15 is 0 Å². The fourth-order valence-electron chi connectivity index (χ4n) is 10.7. The van der Waals surface area contributed by atoms with Gasteiger partial charge in [0.15, 0.2) is 0 Å². The lowest BCUT2D eigenvalue weighted by atomic mass is 9.39. The van der Waals surface area contributed by atoms with Crippen LogP contribution >= 0.6 is 12.4 Å². The van der Waals surface area contributed by atoms with Crippen LogP contribution in [0, 0.1) is 39.9 Å². The Morgan fingerprint density at radius 1 is 1.08 bits per heavy atom. The van der Waals surface area contributed by atoms with Crippen LogP contribution in [0.1, 0.15) is 32.6 Å². The number of fused-ring (bicyclic) bond motifs is 1. The Morgan fingerprint density at radius 3 is 2.60 bits per heavy atom. The van der Waals surface area contributed by atoms with E-state index < -0.39 is 12.2 Å². The minimum Gasteiger partial charge on any atom is -0.393 e. The van der Waals surface area contributed by atoms with Crippen molar-refractivity contribution in [2.24, 2.45) is 39.9 Å². The quantitative estimate of drug-likeness (QED) is 0.564. The van der Waals surface area contributed by atoms with Gasteiger partial charge in [0.1, 0.15) is 0 Å². The molecule has 6 aliphatic carbocycles. The largest absolute Gasteiger partial charge is 0.393 e. The van der Waals surface area contributed by atoms with E-state index in [0.717, 1.165) is 37.8 Å². The van der Waals surface area contributed by atoms with Crippen LogP contribution in [0.25, 0.3) is 0 Å². The van der Waals surface area contributed by atoms with Crippen LogP contribution in [-0.4, -0.2) is 57.2 Å². The van der Waals surface area contributed by atoms with Crippen molar-refractivity contribution >= 4 is 12.4 Å². The van der Waals surface area contributed by atoms with E-state index in [4.69, 9.17) is 0 Å². The number of piperidine rings is 2. The van der Waals surface area contributed by atoms with E-state index in [0.29, 0.717) is 18.0 Å². The molecule has 3 N–H and O–H groups in total. The van der Waals surface area contributed by atoms with Gasteiger partial charge in [-0.15, -0.1) is 12.4 Å². The molecule has 9 rings (SSSR count). The van der Waals surface area contributed by atoms with E-state index in [-0.39, 0.29) is 52.5 Å². The summed E-state index contributed by atoms with van der Waals surface area (Å²) in [7, 11) is 0. The van der Waals surface area contributed by atoms with Gasteiger partial charge in [-0.3, -0.25) is 4.90 Å². The molecule has 0 amide bonds. The molecule has 1 unspecified atom stereocenters. The molecule has 2 spiro atoms. The third-order valence-electron chi connectivity index (χ3n) is 10.1. The number of aliphatic hydroxyl groups excluding tert-OH is 3. The lowest BCUT2D eigenvalue weighted by Gasteiger charge is -2.65. The minimum atomic E-state index is -0.460. The van der Waals surface area contributed by atoms with Gasteiger partial charge in [-0.2, -0.15) is 0 Å². The van der Waals surface area contributed by atoms with Crippen LogP contribution in [-0.2, 0) is 0 Å². The van der Waals surface area contributed by atoms with Crippen LogP contribution in [0.4, 0.5) is 0 Å². The number of aliphatic hydroxyl groups is 3. The Labute approximate surface area is 154 Å². The molecule has 9 bridgehead atoms. The summed E-state index contributed by atoms with van der Waals surface area (Å²) >= 11 is 0. The summed E-state index contributed by atoms with van der Waals surface area (Å²) in [6, 6.07) is 0.999. The Bertz CT molecular complexity index is 715. The van der Waals surface area contributed by atoms with Gasteiger partial charge in [0, 0.05) is 30.5 Å².